The summed E-state index contributed by atoms with van der Waals surface area (Å²) in [6.45, 7) is 8.64. The number of hydrogen-bond donors (Lipinski definition) is 0. The van der Waals surface area contributed by atoms with E-state index >= 15 is 0 Å². The van der Waals surface area contributed by atoms with Crippen LogP contribution in [0.15, 0.2) is 17.6 Å². The molecule has 4 nitrogen and oxygen atoms in total. The van der Waals surface area contributed by atoms with Crippen LogP contribution in [0.4, 0.5) is 11.4 Å². The van der Waals surface area contributed by atoms with Crippen molar-refractivity contribution < 1.29 is 4.92 Å². The van der Waals surface area contributed by atoms with Gasteiger partial charge in [0.15, 0.2) is 0 Å². The summed E-state index contributed by atoms with van der Waals surface area (Å²) in [4.78, 5) is 14.0. The van der Waals surface area contributed by atoms with Gasteiger partial charge in [0.1, 0.15) is 5.02 Å². The number of aryl methyl sites for hydroxylation is 1. The number of benzene rings is 1. The molecule has 0 unspecified atom stereocenters. The lowest BCUT2D eigenvalue weighted by Gasteiger charge is -2.06. The third-order valence-electron chi connectivity index (χ3n) is 2.00. The molecule has 0 bridgehead atoms. The molecule has 5 heteroatoms. The zero-order valence-corrected chi connectivity index (χ0v) is 8.91. The summed E-state index contributed by atoms with van der Waals surface area (Å²) in [6, 6.07) is 1.50. The van der Waals surface area contributed by atoms with Crippen LogP contribution in [0.25, 0.3) is 6.08 Å². The molecule has 1 rings (SSSR count). The summed E-state index contributed by atoms with van der Waals surface area (Å²) in [5.74, 6) is 0. The Kier molecular flexibility index (Phi) is 3.21. The monoisotopic (exact) mass is 224 g/mol. The standard InChI is InChI=1S/C10H9ClN2O2/c1-4-7-9(12-3)6(2)5-8(11)10(7)13(14)15/h4-5H,1,3H2,2H3. The van der Waals surface area contributed by atoms with E-state index in [-0.39, 0.29) is 10.7 Å². The van der Waals surface area contributed by atoms with Gasteiger partial charge in [0.25, 0.3) is 5.69 Å². The SMILES string of the molecule is C=Cc1c(N=C)c(C)cc(Cl)c1[N+](=O)[O-]. The van der Waals surface area contributed by atoms with Crippen molar-refractivity contribution in [3.05, 3.63) is 38.9 Å². The van der Waals surface area contributed by atoms with Crippen molar-refractivity contribution in [1.82, 2.24) is 0 Å². The van der Waals surface area contributed by atoms with Gasteiger partial charge in [0, 0.05) is 0 Å². The first-order chi connectivity index (χ1) is 7.02. The van der Waals surface area contributed by atoms with E-state index < -0.39 is 4.92 Å². The first kappa shape index (κ1) is 11.4. The quantitative estimate of drug-likeness (QED) is 0.448. The molecule has 1 aromatic carbocycles. The number of nitro groups is 1. The maximum atomic E-state index is 10.8. The zero-order chi connectivity index (χ0) is 11.6. The van der Waals surface area contributed by atoms with Crippen molar-refractivity contribution in [3.8, 4) is 0 Å². The molecule has 0 aliphatic heterocycles. The van der Waals surface area contributed by atoms with Crippen molar-refractivity contribution in [2.45, 2.75) is 6.92 Å². The van der Waals surface area contributed by atoms with Gasteiger partial charge < -0.3 is 0 Å². The average Bonchev–Trinajstić information content (AvgIpc) is 2.15. The van der Waals surface area contributed by atoms with E-state index in [1.54, 1.807) is 6.92 Å². The third-order valence-corrected chi connectivity index (χ3v) is 2.29. The van der Waals surface area contributed by atoms with E-state index in [0.29, 0.717) is 11.3 Å². The highest BCUT2D eigenvalue weighted by molar-refractivity contribution is 6.33. The van der Waals surface area contributed by atoms with E-state index in [9.17, 15) is 10.1 Å². The van der Waals surface area contributed by atoms with Crippen LogP contribution in [0.3, 0.4) is 0 Å². The van der Waals surface area contributed by atoms with Crippen molar-refractivity contribution in [1.29, 1.82) is 0 Å². The van der Waals surface area contributed by atoms with Crippen molar-refractivity contribution in [3.63, 3.8) is 0 Å². The fourth-order valence-corrected chi connectivity index (χ4v) is 1.70. The number of hydrogen-bond acceptors (Lipinski definition) is 3. The molecule has 0 aliphatic carbocycles. The molecule has 78 valence electrons. The topological polar surface area (TPSA) is 55.5 Å². The Balaban J connectivity index is 3.71. The molecule has 0 N–H and O–H groups in total. The zero-order valence-electron chi connectivity index (χ0n) is 8.16. The van der Waals surface area contributed by atoms with Gasteiger partial charge in [0.2, 0.25) is 0 Å². The van der Waals surface area contributed by atoms with E-state index in [1.807, 2.05) is 0 Å². The van der Waals surface area contributed by atoms with E-state index in [2.05, 4.69) is 18.3 Å². The van der Waals surface area contributed by atoms with Gasteiger partial charge in [-0.2, -0.15) is 0 Å². The Hall–Kier alpha value is -1.68. The third kappa shape index (κ3) is 1.89. The van der Waals surface area contributed by atoms with Crippen molar-refractivity contribution in [2.24, 2.45) is 4.99 Å². The maximum Gasteiger partial charge on any atom is 0.297 e. The van der Waals surface area contributed by atoms with Gasteiger partial charge in [0.05, 0.1) is 16.2 Å². The molecule has 0 spiro atoms. The van der Waals surface area contributed by atoms with Gasteiger partial charge in [-0.05, 0) is 25.3 Å². The fourth-order valence-electron chi connectivity index (χ4n) is 1.37. The van der Waals surface area contributed by atoms with Crippen LogP contribution in [-0.4, -0.2) is 11.6 Å². The Labute approximate surface area is 92.1 Å². The molecule has 0 saturated carbocycles. The molecular formula is C10H9ClN2O2. The number of rotatable bonds is 3. The molecule has 0 amide bonds. The first-order valence-electron chi connectivity index (χ1n) is 4.09. The molecule has 0 radical (unpaired) electrons. The number of aliphatic imine (C=N–C) groups is 1. The lowest BCUT2D eigenvalue weighted by atomic mass is 10.1. The van der Waals surface area contributed by atoms with Crippen LogP contribution in [0.2, 0.25) is 5.02 Å². The minimum atomic E-state index is -0.548. The highest BCUT2D eigenvalue weighted by atomic mass is 35.5. The second-order valence-corrected chi connectivity index (χ2v) is 3.31. The van der Waals surface area contributed by atoms with Gasteiger partial charge >= 0.3 is 0 Å². The van der Waals surface area contributed by atoms with Crippen LogP contribution < -0.4 is 0 Å². The Morgan fingerprint density at radius 1 is 1.67 bits per heavy atom. The minimum Gasteiger partial charge on any atom is -0.263 e. The smallest absolute Gasteiger partial charge is 0.263 e. The Morgan fingerprint density at radius 2 is 2.27 bits per heavy atom. The van der Waals surface area contributed by atoms with Gasteiger partial charge in [-0.3, -0.25) is 15.1 Å². The lowest BCUT2D eigenvalue weighted by molar-refractivity contribution is -0.384. The largest absolute Gasteiger partial charge is 0.297 e. The predicted octanol–water partition coefficient (Wildman–Crippen LogP) is 3.53. The van der Waals surface area contributed by atoms with Gasteiger partial charge in [-0.25, -0.2) is 0 Å². The van der Waals surface area contributed by atoms with E-state index in [4.69, 9.17) is 11.6 Å². The maximum absolute atomic E-state index is 10.8. The van der Waals surface area contributed by atoms with Crippen LogP contribution >= 0.6 is 11.6 Å². The predicted molar refractivity (Wildman–Crippen MR) is 62.1 cm³/mol. The molecule has 0 aromatic heterocycles. The molecule has 1 aromatic rings. The summed E-state index contributed by atoms with van der Waals surface area (Å²) in [6.07, 6.45) is 1.36. The summed E-state index contributed by atoms with van der Waals surface area (Å²) in [7, 11) is 0. The molecule has 0 saturated heterocycles. The molecule has 15 heavy (non-hydrogen) atoms. The minimum absolute atomic E-state index is 0.0831. The van der Waals surface area contributed by atoms with Crippen molar-refractivity contribution >= 4 is 35.8 Å². The highest BCUT2D eigenvalue weighted by Gasteiger charge is 2.21. The summed E-state index contributed by atoms with van der Waals surface area (Å²) in [5.41, 5.74) is 1.30. The number of nitro benzene ring substituents is 1. The second-order valence-electron chi connectivity index (χ2n) is 2.91. The van der Waals surface area contributed by atoms with Crippen LogP contribution in [0.1, 0.15) is 11.1 Å². The summed E-state index contributed by atoms with van der Waals surface area (Å²) in [5, 5.41) is 10.9. The first-order valence-corrected chi connectivity index (χ1v) is 4.47. The fraction of sp³-hybridized carbons (Fsp3) is 0.100. The van der Waals surface area contributed by atoms with Crippen LogP contribution in [-0.2, 0) is 0 Å². The van der Waals surface area contributed by atoms with E-state index in [1.165, 1.54) is 12.1 Å². The van der Waals surface area contributed by atoms with Gasteiger partial charge in [-0.1, -0.05) is 24.3 Å². The average molecular weight is 225 g/mol. The molecule has 0 atom stereocenters. The number of nitrogens with zero attached hydrogens (tertiary/aromatic N) is 2. The number of halogens is 1. The van der Waals surface area contributed by atoms with Crippen LogP contribution in [0, 0.1) is 17.0 Å². The van der Waals surface area contributed by atoms with Crippen LogP contribution in [0.5, 0.6) is 0 Å². The molecule has 0 heterocycles. The molecule has 0 fully saturated rings. The summed E-state index contributed by atoms with van der Waals surface area (Å²) < 4.78 is 0. The normalized spacial score (nSPS) is 9.73. The molecule has 0 aliphatic rings. The second kappa shape index (κ2) is 4.23. The lowest BCUT2D eigenvalue weighted by Crippen LogP contribution is -1.94. The molecular weight excluding hydrogens is 216 g/mol. The van der Waals surface area contributed by atoms with E-state index in [0.717, 1.165) is 5.56 Å². The Morgan fingerprint density at radius 3 is 2.67 bits per heavy atom. The van der Waals surface area contributed by atoms with Crippen molar-refractivity contribution in [2.75, 3.05) is 0 Å². The highest BCUT2D eigenvalue weighted by Crippen LogP contribution is 2.38. The summed E-state index contributed by atoms with van der Waals surface area (Å²) >= 11 is 5.79. The van der Waals surface area contributed by atoms with Gasteiger partial charge in [-0.15, -0.1) is 0 Å². The Bertz CT molecular complexity index is 455.